The van der Waals surface area contributed by atoms with Crippen LogP contribution in [0.5, 0.6) is 0 Å². The highest BCUT2D eigenvalue weighted by atomic mass is 79.9. The van der Waals surface area contributed by atoms with Crippen LogP contribution in [0.25, 0.3) is 0 Å². The minimum absolute atomic E-state index is 0.174. The van der Waals surface area contributed by atoms with E-state index in [0.29, 0.717) is 5.69 Å². The van der Waals surface area contributed by atoms with E-state index in [-0.39, 0.29) is 4.90 Å². The smallest absolute Gasteiger partial charge is 0.177 e. The largest absolute Gasteiger partial charge is 0.397 e. The summed E-state index contributed by atoms with van der Waals surface area (Å²) in [6.07, 6.45) is 1.16. The second kappa shape index (κ2) is 5.56. The predicted octanol–water partition coefficient (Wildman–Crippen LogP) is 3.59. The standard InChI is InChI=1S/C13H12BrNO2S2/c1-19(16,17)12-7-3-6-11(13(12)15)18-10-5-2-4-9(14)8-10/h2-8H,15H2,1H3. The van der Waals surface area contributed by atoms with Gasteiger partial charge in [-0.05, 0) is 30.3 Å². The lowest BCUT2D eigenvalue weighted by molar-refractivity contribution is 0.602. The average molecular weight is 358 g/mol. The van der Waals surface area contributed by atoms with Gasteiger partial charge in [0, 0.05) is 20.5 Å². The van der Waals surface area contributed by atoms with E-state index in [2.05, 4.69) is 15.9 Å². The van der Waals surface area contributed by atoms with Crippen molar-refractivity contribution in [1.29, 1.82) is 0 Å². The first kappa shape index (κ1) is 14.4. The summed E-state index contributed by atoms with van der Waals surface area (Å²) in [5, 5.41) is 0. The van der Waals surface area contributed by atoms with Crippen molar-refractivity contribution in [1.82, 2.24) is 0 Å². The molecule has 0 aliphatic rings. The van der Waals surface area contributed by atoms with E-state index in [1.165, 1.54) is 17.8 Å². The van der Waals surface area contributed by atoms with E-state index in [4.69, 9.17) is 5.73 Å². The number of sulfone groups is 1. The molecule has 2 aromatic rings. The molecule has 3 nitrogen and oxygen atoms in total. The number of hydrogen-bond acceptors (Lipinski definition) is 4. The normalized spacial score (nSPS) is 11.5. The molecule has 0 radical (unpaired) electrons. The maximum absolute atomic E-state index is 11.6. The molecule has 2 rings (SSSR count). The van der Waals surface area contributed by atoms with Gasteiger partial charge in [0.1, 0.15) is 0 Å². The number of para-hydroxylation sites is 1. The SMILES string of the molecule is CS(=O)(=O)c1cccc(Sc2cccc(Br)c2)c1N. The zero-order valence-electron chi connectivity index (χ0n) is 10.1. The highest BCUT2D eigenvalue weighted by Crippen LogP contribution is 2.36. The summed E-state index contributed by atoms with van der Waals surface area (Å²) in [5.41, 5.74) is 6.24. The molecule has 6 heteroatoms. The first-order valence-corrected chi connectivity index (χ1v) is 8.90. The number of benzene rings is 2. The van der Waals surface area contributed by atoms with Crippen molar-refractivity contribution in [2.24, 2.45) is 0 Å². The maximum atomic E-state index is 11.6. The molecule has 0 bridgehead atoms. The fourth-order valence-corrected chi connectivity index (χ4v) is 4.00. The molecule has 19 heavy (non-hydrogen) atoms. The van der Waals surface area contributed by atoms with E-state index < -0.39 is 9.84 Å². The quantitative estimate of drug-likeness (QED) is 0.852. The van der Waals surface area contributed by atoms with Crippen molar-refractivity contribution in [2.45, 2.75) is 14.7 Å². The Morgan fingerprint density at radius 1 is 1.16 bits per heavy atom. The first-order valence-electron chi connectivity index (χ1n) is 5.40. The fourth-order valence-electron chi connectivity index (χ4n) is 1.59. The minimum atomic E-state index is -3.30. The number of nitrogens with two attached hydrogens (primary N) is 1. The molecule has 2 aromatic carbocycles. The summed E-state index contributed by atoms with van der Waals surface area (Å²) in [7, 11) is -3.30. The van der Waals surface area contributed by atoms with Crippen molar-refractivity contribution >= 4 is 43.2 Å². The van der Waals surface area contributed by atoms with E-state index in [9.17, 15) is 8.42 Å². The number of hydrogen-bond donors (Lipinski definition) is 1. The van der Waals surface area contributed by atoms with Crippen LogP contribution < -0.4 is 5.73 Å². The first-order chi connectivity index (χ1) is 8.88. The Labute approximate surface area is 125 Å². The topological polar surface area (TPSA) is 60.2 Å². The highest BCUT2D eigenvalue weighted by molar-refractivity contribution is 9.10. The van der Waals surface area contributed by atoms with Gasteiger partial charge in [-0.25, -0.2) is 8.42 Å². The lowest BCUT2D eigenvalue weighted by Gasteiger charge is -2.09. The van der Waals surface area contributed by atoms with Crippen LogP contribution in [-0.2, 0) is 9.84 Å². The van der Waals surface area contributed by atoms with Gasteiger partial charge in [0.15, 0.2) is 9.84 Å². The van der Waals surface area contributed by atoms with Crippen LogP contribution in [0.3, 0.4) is 0 Å². The van der Waals surface area contributed by atoms with E-state index in [1.807, 2.05) is 30.3 Å². The van der Waals surface area contributed by atoms with Gasteiger partial charge >= 0.3 is 0 Å². The van der Waals surface area contributed by atoms with E-state index >= 15 is 0 Å². The van der Waals surface area contributed by atoms with Gasteiger partial charge in [0.05, 0.1) is 10.6 Å². The van der Waals surface area contributed by atoms with Crippen LogP contribution in [0.1, 0.15) is 0 Å². The van der Waals surface area contributed by atoms with Gasteiger partial charge < -0.3 is 5.73 Å². The summed E-state index contributed by atoms with van der Waals surface area (Å²) in [6, 6.07) is 12.8. The van der Waals surface area contributed by atoms with Gasteiger partial charge in [-0.2, -0.15) is 0 Å². The van der Waals surface area contributed by atoms with Crippen molar-refractivity contribution in [2.75, 3.05) is 12.0 Å². The monoisotopic (exact) mass is 357 g/mol. The molecule has 0 aliphatic heterocycles. The average Bonchev–Trinajstić information content (AvgIpc) is 2.30. The molecule has 0 heterocycles. The van der Waals surface area contributed by atoms with Crippen LogP contribution >= 0.6 is 27.7 Å². The lowest BCUT2D eigenvalue weighted by Crippen LogP contribution is -2.03. The Bertz CT molecular complexity index is 714. The van der Waals surface area contributed by atoms with Crippen LogP contribution in [-0.4, -0.2) is 14.7 Å². The zero-order valence-corrected chi connectivity index (χ0v) is 13.3. The van der Waals surface area contributed by atoms with Crippen molar-refractivity contribution in [3.05, 3.63) is 46.9 Å². The highest BCUT2D eigenvalue weighted by Gasteiger charge is 2.14. The molecule has 0 unspecified atom stereocenters. The maximum Gasteiger partial charge on any atom is 0.177 e. The Morgan fingerprint density at radius 2 is 1.84 bits per heavy atom. The van der Waals surface area contributed by atoms with Gasteiger partial charge in [-0.1, -0.05) is 39.8 Å². The Balaban J connectivity index is 2.42. The Kier molecular flexibility index (Phi) is 4.23. The molecule has 0 aromatic heterocycles. The number of nitrogen functional groups attached to an aromatic ring is 1. The van der Waals surface area contributed by atoms with Crippen molar-refractivity contribution in [3.8, 4) is 0 Å². The molecule has 0 fully saturated rings. The molecule has 100 valence electrons. The van der Waals surface area contributed by atoms with Gasteiger partial charge in [-0.15, -0.1) is 0 Å². The van der Waals surface area contributed by atoms with Gasteiger partial charge in [0.25, 0.3) is 0 Å². The summed E-state index contributed by atoms with van der Waals surface area (Å²) >= 11 is 4.84. The Hall–Kier alpha value is -0.980. The lowest BCUT2D eigenvalue weighted by atomic mass is 10.3. The van der Waals surface area contributed by atoms with Crippen molar-refractivity contribution in [3.63, 3.8) is 0 Å². The molecule has 0 atom stereocenters. The molecule has 0 saturated carbocycles. The molecule has 0 amide bonds. The van der Waals surface area contributed by atoms with E-state index in [1.54, 1.807) is 6.07 Å². The molecule has 2 N–H and O–H groups in total. The second-order valence-electron chi connectivity index (χ2n) is 4.00. The summed E-state index contributed by atoms with van der Waals surface area (Å²) in [6.45, 7) is 0. The van der Waals surface area contributed by atoms with Crippen molar-refractivity contribution < 1.29 is 8.42 Å². The summed E-state index contributed by atoms with van der Waals surface area (Å²) in [4.78, 5) is 1.90. The van der Waals surface area contributed by atoms with Gasteiger partial charge in [-0.3, -0.25) is 0 Å². The molecular formula is C13H12BrNO2S2. The number of rotatable bonds is 3. The predicted molar refractivity (Wildman–Crippen MR) is 82.2 cm³/mol. The van der Waals surface area contributed by atoms with E-state index in [0.717, 1.165) is 20.5 Å². The number of anilines is 1. The fraction of sp³-hybridized carbons (Fsp3) is 0.0769. The van der Waals surface area contributed by atoms with Crippen LogP contribution in [0.15, 0.2) is 61.6 Å². The Morgan fingerprint density at radius 3 is 2.47 bits per heavy atom. The van der Waals surface area contributed by atoms with Gasteiger partial charge in [0.2, 0.25) is 0 Å². The van der Waals surface area contributed by atoms with Crippen LogP contribution in [0.4, 0.5) is 5.69 Å². The number of halogens is 1. The van der Waals surface area contributed by atoms with Crippen LogP contribution in [0.2, 0.25) is 0 Å². The second-order valence-corrected chi connectivity index (χ2v) is 8.01. The minimum Gasteiger partial charge on any atom is -0.397 e. The zero-order chi connectivity index (χ0) is 14.0. The third-order valence-corrected chi connectivity index (χ3v) is 5.16. The summed E-state index contributed by atoms with van der Waals surface area (Å²) < 4.78 is 24.2. The third kappa shape index (κ3) is 3.52. The molecule has 0 saturated heterocycles. The summed E-state index contributed by atoms with van der Waals surface area (Å²) in [5.74, 6) is 0. The third-order valence-electron chi connectivity index (χ3n) is 2.45. The van der Waals surface area contributed by atoms with Crippen LogP contribution in [0, 0.1) is 0 Å². The molecular weight excluding hydrogens is 346 g/mol. The molecule has 0 spiro atoms. The molecule has 0 aliphatic carbocycles.